The van der Waals surface area contributed by atoms with E-state index in [0.29, 0.717) is 17.3 Å². The monoisotopic (exact) mass is 291 g/mol. The predicted molar refractivity (Wildman–Crippen MR) is 69.5 cm³/mol. The van der Waals surface area contributed by atoms with Crippen LogP contribution >= 0.6 is 15.9 Å². The Balaban J connectivity index is 2.24. The third kappa shape index (κ3) is 3.04. The summed E-state index contributed by atoms with van der Waals surface area (Å²) < 4.78 is 6.49. The van der Waals surface area contributed by atoms with Gasteiger partial charge in [-0.05, 0) is 24.3 Å². The van der Waals surface area contributed by atoms with Crippen LogP contribution in [0.5, 0.6) is 11.6 Å². The maximum atomic E-state index is 7.30. The zero-order valence-corrected chi connectivity index (χ0v) is 10.4. The van der Waals surface area contributed by atoms with Crippen molar-refractivity contribution in [3.63, 3.8) is 0 Å². The second kappa shape index (κ2) is 4.97. The zero-order valence-electron chi connectivity index (χ0n) is 8.85. The van der Waals surface area contributed by atoms with Gasteiger partial charge in [0.25, 0.3) is 0 Å². The molecule has 0 spiro atoms. The third-order valence-corrected chi connectivity index (χ3v) is 2.51. The molecule has 1 aromatic carbocycles. The van der Waals surface area contributed by atoms with Crippen LogP contribution in [-0.4, -0.2) is 10.8 Å². The van der Waals surface area contributed by atoms with Gasteiger partial charge in [0.05, 0.1) is 0 Å². The fourth-order valence-electron chi connectivity index (χ4n) is 1.27. The van der Waals surface area contributed by atoms with Crippen LogP contribution in [0.15, 0.2) is 46.9 Å². The SMILES string of the molecule is N=C(N)c1cccc(Oc2cccc(Br)c2)n1. The van der Waals surface area contributed by atoms with Crippen molar-refractivity contribution >= 4 is 21.8 Å². The van der Waals surface area contributed by atoms with Gasteiger partial charge >= 0.3 is 0 Å². The fraction of sp³-hybridized carbons (Fsp3) is 0. The Hall–Kier alpha value is -1.88. The van der Waals surface area contributed by atoms with Gasteiger partial charge in [-0.3, -0.25) is 5.41 Å². The Labute approximate surface area is 107 Å². The Morgan fingerprint density at radius 3 is 2.71 bits per heavy atom. The molecule has 1 aromatic heterocycles. The molecular weight excluding hydrogens is 282 g/mol. The molecule has 0 amide bonds. The van der Waals surface area contributed by atoms with Crippen molar-refractivity contribution < 1.29 is 4.74 Å². The van der Waals surface area contributed by atoms with Gasteiger partial charge in [0.15, 0.2) is 0 Å². The lowest BCUT2D eigenvalue weighted by Crippen LogP contribution is -2.13. The van der Waals surface area contributed by atoms with Crippen LogP contribution in [-0.2, 0) is 0 Å². The Morgan fingerprint density at radius 2 is 2.00 bits per heavy atom. The number of ether oxygens (including phenoxy) is 1. The molecule has 4 nitrogen and oxygen atoms in total. The molecule has 0 saturated heterocycles. The molecule has 0 aliphatic carbocycles. The first kappa shape index (κ1) is 11.6. The number of pyridine rings is 1. The molecule has 5 heteroatoms. The average Bonchev–Trinajstić information content (AvgIpc) is 2.29. The first-order valence-electron chi connectivity index (χ1n) is 4.90. The highest BCUT2D eigenvalue weighted by atomic mass is 79.9. The van der Waals surface area contributed by atoms with E-state index < -0.39 is 0 Å². The molecule has 0 fully saturated rings. The highest BCUT2D eigenvalue weighted by Gasteiger charge is 2.02. The molecule has 0 saturated carbocycles. The normalized spacial score (nSPS) is 9.94. The molecule has 1 heterocycles. The Kier molecular flexibility index (Phi) is 3.39. The first-order valence-corrected chi connectivity index (χ1v) is 5.69. The number of halogens is 1. The molecule has 2 aromatic rings. The van der Waals surface area contributed by atoms with Gasteiger partial charge in [0, 0.05) is 10.5 Å². The van der Waals surface area contributed by atoms with Gasteiger partial charge in [0.2, 0.25) is 5.88 Å². The van der Waals surface area contributed by atoms with E-state index in [2.05, 4.69) is 20.9 Å². The van der Waals surface area contributed by atoms with E-state index in [1.54, 1.807) is 18.2 Å². The van der Waals surface area contributed by atoms with E-state index in [-0.39, 0.29) is 5.84 Å². The highest BCUT2D eigenvalue weighted by molar-refractivity contribution is 9.10. The molecule has 0 bridgehead atoms. The van der Waals surface area contributed by atoms with Gasteiger partial charge in [-0.25, -0.2) is 4.98 Å². The van der Waals surface area contributed by atoms with Crippen LogP contribution in [0.25, 0.3) is 0 Å². The predicted octanol–water partition coefficient (Wildman–Crippen LogP) is 2.92. The summed E-state index contributed by atoms with van der Waals surface area (Å²) in [7, 11) is 0. The quantitative estimate of drug-likeness (QED) is 0.675. The number of nitrogens with one attached hydrogen (secondary N) is 1. The lowest BCUT2D eigenvalue weighted by atomic mass is 10.3. The van der Waals surface area contributed by atoms with E-state index in [0.717, 1.165) is 4.47 Å². The number of rotatable bonds is 3. The van der Waals surface area contributed by atoms with Crippen LogP contribution in [0.2, 0.25) is 0 Å². The number of benzene rings is 1. The van der Waals surface area contributed by atoms with E-state index in [4.69, 9.17) is 15.9 Å². The van der Waals surface area contributed by atoms with Crippen molar-refractivity contribution in [1.82, 2.24) is 4.98 Å². The minimum Gasteiger partial charge on any atom is -0.439 e. The fourth-order valence-corrected chi connectivity index (χ4v) is 1.65. The first-order chi connectivity index (χ1) is 8.15. The highest BCUT2D eigenvalue weighted by Crippen LogP contribution is 2.22. The van der Waals surface area contributed by atoms with Crippen molar-refractivity contribution in [2.24, 2.45) is 5.73 Å². The van der Waals surface area contributed by atoms with E-state index in [1.165, 1.54) is 0 Å². The summed E-state index contributed by atoms with van der Waals surface area (Å²) in [4.78, 5) is 4.11. The van der Waals surface area contributed by atoms with Crippen molar-refractivity contribution in [1.29, 1.82) is 5.41 Å². The van der Waals surface area contributed by atoms with Crippen LogP contribution in [0, 0.1) is 5.41 Å². The summed E-state index contributed by atoms with van der Waals surface area (Å²) in [5.41, 5.74) is 5.76. The van der Waals surface area contributed by atoms with Crippen LogP contribution in [0.3, 0.4) is 0 Å². The largest absolute Gasteiger partial charge is 0.439 e. The lowest BCUT2D eigenvalue weighted by molar-refractivity contribution is 0.462. The lowest BCUT2D eigenvalue weighted by Gasteiger charge is -2.06. The molecule has 17 heavy (non-hydrogen) atoms. The number of aromatic nitrogens is 1. The summed E-state index contributed by atoms with van der Waals surface area (Å²) in [6, 6.07) is 12.6. The van der Waals surface area contributed by atoms with Crippen LogP contribution < -0.4 is 10.5 Å². The third-order valence-electron chi connectivity index (χ3n) is 2.02. The number of hydrogen-bond acceptors (Lipinski definition) is 3. The molecule has 0 unspecified atom stereocenters. The van der Waals surface area contributed by atoms with E-state index in [1.807, 2.05) is 24.3 Å². The topological polar surface area (TPSA) is 72.0 Å². The molecular formula is C12H10BrN3O. The minimum absolute atomic E-state index is 0.0790. The molecule has 0 aliphatic heterocycles. The van der Waals surface area contributed by atoms with Crippen molar-refractivity contribution in [3.8, 4) is 11.6 Å². The summed E-state index contributed by atoms with van der Waals surface area (Å²) in [6.45, 7) is 0. The smallest absolute Gasteiger partial charge is 0.219 e. The maximum Gasteiger partial charge on any atom is 0.219 e. The molecule has 0 radical (unpaired) electrons. The van der Waals surface area contributed by atoms with Crippen molar-refractivity contribution in [2.45, 2.75) is 0 Å². The summed E-state index contributed by atoms with van der Waals surface area (Å²) in [5, 5.41) is 7.30. The second-order valence-electron chi connectivity index (χ2n) is 3.33. The number of nitrogens with two attached hydrogens (primary N) is 1. The molecule has 3 N–H and O–H groups in total. The van der Waals surface area contributed by atoms with Crippen LogP contribution in [0.4, 0.5) is 0 Å². The molecule has 0 atom stereocenters. The summed E-state index contributed by atoms with van der Waals surface area (Å²) >= 11 is 3.36. The van der Waals surface area contributed by atoms with Crippen LogP contribution in [0.1, 0.15) is 5.69 Å². The second-order valence-corrected chi connectivity index (χ2v) is 4.25. The summed E-state index contributed by atoms with van der Waals surface area (Å²) in [5.74, 6) is 1.01. The maximum absolute atomic E-state index is 7.30. The standard InChI is InChI=1S/C12H10BrN3O/c13-8-3-1-4-9(7-8)17-11-6-2-5-10(16-11)12(14)15/h1-7H,(H3,14,15). The van der Waals surface area contributed by atoms with Gasteiger partial charge in [-0.15, -0.1) is 0 Å². The van der Waals surface area contributed by atoms with Crippen molar-refractivity contribution in [2.75, 3.05) is 0 Å². The van der Waals surface area contributed by atoms with Gasteiger partial charge in [-0.1, -0.05) is 28.1 Å². The summed E-state index contributed by atoms with van der Waals surface area (Å²) in [6.07, 6.45) is 0. The minimum atomic E-state index is -0.0790. The van der Waals surface area contributed by atoms with Gasteiger partial charge in [0.1, 0.15) is 17.3 Å². The molecule has 0 aliphatic rings. The Bertz CT molecular complexity index is 557. The van der Waals surface area contributed by atoms with E-state index in [9.17, 15) is 0 Å². The molecule has 2 rings (SSSR count). The van der Waals surface area contributed by atoms with Crippen molar-refractivity contribution in [3.05, 3.63) is 52.6 Å². The number of nitrogen functional groups attached to an aromatic ring is 1. The van der Waals surface area contributed by atoms with Gasteiger partial charge < -0.3 is 10.5 Å². The van der Waals surface area contributed by atoms with E-state index >= 15 is 0 Å². The number of amidine groups is 1. The number of hydrogen-bond donors (Lipinski definition) is 2. The Morgan fingerprint density at radius 1 is 1.24 bits per heavy atom. The average molecular weight is 292 g/mol. The van der Waals surface area contributed by atoms with Gasteiger partial charge in [-0.2, -0.15) is 0 Å². The molecule has 86 valence electrons. The zero-order chi connectivity index (χ0) is 12.3. The number of nitrogens with zero attached hydrogens (tertiary/aromatic N) is 1.